The number of nitrogens with zero attached hydrogens (tertiary/aromatic N) is 4. The van der Waals surface area contributed by atoms with Gasteiger partial charge in [0.15, 0.2) is 0 Å². The summed E-state index contributed by atoms with van der Waals surface area (Å²) in [4.78, 5) is 7.12. The molecule has 1 heterocycles. The monoisotopic (exact) mass is 258 g/mol. The predicted molar refractivity (Wildman–Crippen MR) is 74.7 cm³/mol. The zero-order valence-electron chi connectivity index (χ0n) is 10.4. The summed E-state index contributed by atoms with van der Waals surface area (Å²) in [5.41, 5.74) is 13.2. The molecule has 1 aromatic heterocycles. The summed E-state index contributed by atoms with van der Waals surface area (Å²) in [5.74, 6) is 0. The number of hydrogen-bond donors (Lipinski definition) is 0. The van der Waals surface area contributed by atoms with E-state index in [1.807, 2.05) is 11.6 Å². The number of azide groups is 1. The molecule has 0 aliphatic carbocycles. The van der Waals surface area contributed by atoms with E-state index < -0.39 is 0 Å². The van der Waals surface area contributed by atoms with Crippen LogP contribution in [0.5, 0.6) is 0 Å². The number of aryl methyl sites for hydroxylation is 2. The van der Waals surface area contributed by atoms with Crippen LogP contribution in [0.15, 0.2) is 28.8 Å². The van der Waals surface area contributed by atoms with Gasteiger partial charge in [-0.2, -0.15) is 0 Å². The number of thiazole rings is 1. The molecular weight excluding hydrogens is 244 g/mol. The highest BCUT2D eigenvalue weighted by Gasteiger charge is 2.08. The number of benzene rings is 1. The molecule has 0 bridgehead atoms. The van der Waals surface area contributed by atoms with Gasteiger partial charge < -0.3 is 0 Å². The quantitative estimate of drug-likeness (QED) is 0.458. The van der Waals surface area contributed by atoms with Crippen molar-refractivity contribution in [2.24, 2.45) is 5.11 Å². The van der Waals surface area contributed by atoms with Crippen molar-refractivity contribution in [2.45, 2.75) is 20.3 Å². The van der Waals surface area contributed by atoms with E-state index in [1.54, 1.807) is 11.3 Å². The fourth-order valence-electron chi connectivity index (χ4n) is 1.95. The van der Waals surface area contributed by atoms with Gasteiger partial charge in [0, 0.05) is 28.6 Å². The first kappa shape index (κ1) is 12.6. The summed E-state index contributed by atoms with van der Waals surface area (Å²) >= 11 is 1.65. The Balaban J connectivity index is 2.32. The second-order valence-corrected chi connectivity index (χ2v) is 5.03. The standard InChI is InChI=1S/C13H14N4S/c1-9-8-12(13-15-5-6-18-13)10(2)7-11(9)3-4-16-17-14/h5-8H,3-4H2,1-2H3. The van der Waals surface area contributed by atoms with Gasteiger partial charge in [0.25, 0.3) is 0 Å². The van der Waals surface area contributed by atoms with Crippen LogP contribution in [-0.2, 0) is 6.42 Å². The van der Waals surface area contributed by atoms with E-state index >= 15 is 0 Å². The minimum atomic E-state index is 0.507. The van der Waals surface area contributed by atoms with Crippen molar-refractivity contribution in [3.8, 4) is 10.6 Å². The van der Waals surface area contributed by atoms with E-state index in [9.17, 15) is 0 Å². The number of hydrogen-bond acceptors (Lipinski definition) is 3. The van der Waals surface area contributed by atoms with Crippen LogP contribution >= 0.6 is 11.3 Å². The third-order valence-electron chi connectivity index (χ3n) is 2.89. The van der Waals surface area contributed by atoms with E-state index in [1.165, 1.54) is 22.3 Å². The summed E-state index contributed by atoms with van der Waals surface area (Å²) in [6, 6.07) is 4.33. The number of aromatic nitrogens is 1. The molecule has 4 nitrogen and oxygen atoms in total. The van der Waals surface area contributed by atoms with E-state index in [4.69, 9.17) is 5.53 Å². The zero-order chi connectivity index (χ0) is 13.0. The molecular formula is C13H14N4S. The highest BCUT2D eigenvalue weighted by molar-refractivity contribution is 7.13. The van der Waals surface area contributed by atoms with Crippen LogP contribution in [0.3, 0.4) is 0 Å². The molecule has 1 aromatic carbocycles. The first-order chi connectivity index (χ1) is 8.72. The summed E-state index contributed by atoms with van der Waals surface area (Å²) < 4.78 is 0. The van der Waals surface area contributed by atoms with Gasteiger partial charge >= 0.3 is 0 Å². The average molecular weight is 258 g/mol. The normalized spacial score (nSPS) is 10.1. The van der Waals surface area contributed by atoms with Crippen LogP contribution in [0.1, 0.15) is 16.7 Å². The van der Waals surface area contributed by atoms with E-state index in [-0.39, 0.29) is 0 Å². The third kappa shape index (κ3) is 2.70. The average Bonchev–Trinajstić information content (AvgIpc) is 2.87. The summed E-state index contributed by atoms with van der Waals surface area (Å²) in [5, 5.41) is 6.62. The third-order valence-corrected chi connectivity index (χ3v) is 3.70. The Morgan fingerprint density at radius 3 is 2.83 bits per heavy atom. The lowest BCUT2D eigenvalue weighted by molar-refractivity contribution is 0.944. The van der Waals surface area contributed by atoms with Crippen LogP contribution in [0.2, 0.25) is 0 Å². The topological polar surface area (TPSA) is 61.7 Å². The molecule has 2 rings (SSSR count). The molecule has 0 radical (unpaired) electrons. The smallest absolute Gasteiger partial charge is 0.123 e. The van der Waals surface area contributed by atoms with Crippen LogP contribution in [-0.4, -0.2) is 11.5 Å². The van der Waals surface area contributed by atoms with Gasteiger partial charge in [-0.05, 0) is 48.6 Å². The van der Waals surface area contributed by atoms with Crippen molar-refractivity contribution in [1.82, 2.24) is 4.98 Å². The Hall–Kier alpha value is -1.84. The lowest BCUT2D eigenvalue weighted by Gasteiger charge is -2.09. The first-order valence-corrected chi connectivity index (χ1v) is 6.61. The van der Waals surface area contributed by atoms with Crippen LogP contribution in [0, 0.1) is 13.8 Å². The second-order valence-electron chi connectivity index (χ2n) is 4.14. The van der Waals surface area contributed by atoms with Crippen molar-refractivity contribution in [3.05, 3.63) is 50.8 Å². The molecule has 0 spiro atoms. The molecule has 5 heteroatoms. The Kier molecular flexibility index (Phi) is 3.97. The molecule has 0 unspecified atom stereocenters. The van der Waals surface area contributed by atoms with Crippen LogP contribution in [0.25, 0.3) is 21.0 Å². The highest BCUT2D eigenvalue weighted by Crippen LogP contribution is 2.28. The van der Waals surface area contributed by atoms with Gasteiger partial charge in [-0.3, -0.25) is 0 Å². The molecule has 0 N–H and O–H groups in total. The van der Waals surface area contributed by atoms with Gasteiger partial charge in [-0.25, -0.2) is 4.98 Å². The molecule has 0 saturated heterocycles. The summed E-state index contributed by atoms with van der Waals surface area (Å²) in [7, 11) is 0. The van der Waals surface area contributed by atoms with E-state index in [0.29, 0.717) is 6.54 Å². The van der Waals surface area contributed by atoms with Gasteiger partial charge in [-0.15, -0.1) is 11.3 Å². The molecule has 0 amide bonds. The Morgan fingerprint density at radius 2 is 2.17 bits per heavy atom. The van der Waals surface area contributed by atoms with Crippen molar-refractivity contribution < 1.29 is 0 Å². The molecule has 0 fully saturated rings. The minimum Gasteiger partial charge on any atom is -0.245 e. The van der Waals surface area contributed by atoms with Gasteiger partial charge in [0.2, 0.25) is 0 Å². The lowest BCUT2D eigenvalue weighted by atomic mass is 9.98. The molecule has 0 aliphatic rings. The Bertz CT molecular complexity index is 583. The maximum Gasteiger partial charge on any atom is 0.123 e. The molecule has 0 aliphatic heterocycles. The molecule has 0 atom stereocenters. The van der Waals surface area contributed by atoms with Crippen LogP contribution < -0.4 is 0 Å². The van der Waals surface area contributed by atoms with E-state index in [2.05, 4.69) is 41.0 Å². The minimum absolute atomic E-state index is 0.507. The van der Waals surface area contributed by atoms with Crippen molar-refractivity contribution >= 4 is 11.3 Å². The largest absolute Gasteiger partial charge is 0.245 e. The molecule has 2 aromatic rings. The molecule has 18 heavy (non-hydrogen) atoms. The Labute approximate surface area is 110 Å². The maximum atomic E-state index is 8.29. The van der Waals surface area contributed by atoms with Gasteiger partial charge in [0.05, 0.1) is 0 Å². The highest BCUT2D eigenvalue weighted by atomic mass is 32.1. The Morgan fingerprint density at radius 1 is 1.33 bits per heavy atom. The zero-order valence-corrected chi connectivity index (χ0v) is 11.2. The predicted octanol–water partition coefficient (Wildman–Crippen LogP) is 4.28. The fourth-order valence-corrected chi connectivity index (χ4v) is 2.67. The first-order valence-electron chi connectivity index (χ1n) is 5.73. The second kappa shape index (κ2) is 5.67. The number of rotatable bonds is 4. The SMILES string of the molecule is Cc1cc(-c2nccs2)c(C)cc1CCN=[N+]=[N-]. The van der Waals surface area contributed by atoms with Gasteiger partial charge in [-0.1, -0.05) is 11.2 Å². The lowest BCUT2D eigenvalue weighted by Crippen LogP contribution is -1.95. The maximum absolute atomic E-state index is 8.29. The van der Waals surface area contributed by atoms with Crippen molar-refractivity contribution in [2.75, 3.05) is 6.54 Å². The van der Waals surface area contributed by atoms with Gasteiger partial charge in [0.1, 0.15) is 5.01 Å². The van der Waals surface area contributed by atoms with Crippen LogP contribution in [0.4, 0.5) is 0 Å². The summed E-state index contributed by atoms with van der Waals surface area (Å²) in [6.07, 6.45) is 2.61. The molecule has 0 saturated carbocycles. The van der Waals surface area contributed by atoms with Crippen molar-refractivity contribution in [3.63, 3.8) is 0 Å². The fraction of sp³-hybridized carbons (Fsp3) is 0.308. The molecule has 92 valence electrons. The van der Waals surface area contributed by atoms with Crippen molar-refractivity contribution in [1.29, 1.82) is 0 Å². The van der Waals surface area contributed by atoms with E-state index in [0.717, 1.165) is 11.4 Å². The summed E-state index contributed by atoms with van der Waals surface area (Å²) in [6.45, 7) is 4.68.